The fourth-order valence-electron chi connectivity index (χ4n) is 2.66. The molecule has 0 radical (unpaired) electrons. The standard InChI is InChI=1S/C11H20N2O2/c1-2-5-11(15)7-13(8-11)6-9-3-4-10(14)12-9/h9,15H,2-8H2,1H3,(H,12,14). The highest BCUT2D eigenvalue weighted by atomic mass is 16.3. The van der Waals surface area contributed by atoms with E-state index in [0.29, 0.717) is 12.5 Å². The maximum absolute atomic E-state index is 11.0. The molecule has 4 heteroatoms. The second kappa shape index (κ2) is 4.10. The van der Waals surface area contributed by atoms with Gasteiger partial charge in [-0.2, -0.15) is 0 Å². The number of hydrogen-bond acceptors (Lipinski definition) is 3. The number of likely N-dealkylation sites (tertiary alicyclic amines) is 1. The summed E-state index contributed by atoms with van der Waals surface area (Å²) in [6.07, 6.45) is 3.53. The van der Waals surface area contributed by atoms with Gasteiger partial charge in [0.25, 0.3) is 0 Å². The predicted octanol–water partition coefficient (Wildman–Crippen LogP) is 0.112. The van der Waals surface area contributed by atoms with E-state index in [1.165, 1.54) is 0 Å². The smallest absolute Gasteiger partial charge is 0.220 e. The molecule has 0 saturated carbocycles. The van der Waals surface area contributed by atoms with Gasteiger partial charge in [-0.3, -0.25) is 9.69 Å². The Morgan fingerprint density at radius 1 is 1.60 bits per heavy atom. The molecule has 2 aliphatic rings. The summed E-state index contributed by atoms with van der Waals surface area (Å²) in [4.78, 5) is 13.2. The summed E-state index contributed by atoms with van der Waals surface area (Å²) in [6.45, 7) is 4.54. The fourth-order valence-corrected chi connectivity index (χ4v) is 2.66. The summed E-state index contributed by atoms with van der Waals surface area (Å²) >= 11 is 0. The second-order valence-corrected chi connectivity index (χ2v) is 4.95. The molecule has 4 nitrogen and oxygen atoms in total. The zero-order chi connectivity index (χ0) is 10.9. The average Bonchev–Trinajstić information content (AvgIpc) is 2.49. The molecule has 0 aromatic carbocycles. The third kappa shape index (κ3) is 2.49. The van der Waals surface area contributed by atoms with Crippen LogP contribution in [0.15, 0.2) is 0 Å². The van der Waals surface area contributed by atoms with Gasteiger partial charge in [0, 0.05) is 32.1 Å². The highest BCUT2D eigenvalue weighted by Crippen LogP contribution is 2.26. The van der Waals surface area contributed by atoms with Gasteiger partial charge in [-0.15, -0.1) is 0 Å². The van der Waals surface area contributed by atoms with E-state index in [2.05, 4.69) is 17.1 Å². The second-order valence-electron chi connectivity index (χ2n) is 4.95. The SMILES string of the molecule is CCCC1(O)CN(CC2CCC(=O)N2)C1. The maximum Gasteiger partial charge on any atom is 0.220 e. The van der Waals surface area contributed by atoms with E-state index in [0.717, 1.165) is 38.9 Å². The third-order valence-corrected chi connectivity index (χ3v) is 3.31. The molecule has 0 aliphatic carbocycles. The van der Waals surface area contributed by atoms with Crippen molar-refractivity contribution in [3.8, 4) is 0 Å². The van der Waals surface area contributed by atoms with Crippen molar-refractivity contribution in [2.75, 3.05) is 19.6 Å². The van der Waals surface area contributed by atoms with Gasteiger partial charge in [0.15, 0.2) is 0 Å². The summed E-state index contributed by atoms with van der Waals surface area (Å²) in [7, 11) is 0. The lowest BCUT2D eigenvalue weighted by Gasteiger charge is -2.47. The van der Waals surface area contributed by atoms with Crippen LogP contribution in [0.2, 0.25) is 0 Å². The van der Waals surface area contributed by atoms with E-state index >= 15 is 0 Å². The van der Waals surface area contributed by atoms with Gasteiger partial charge in [-0.05, 0) is 12.8 Å². The van der Waals surface area contributed by atoms with Crippen LogP contribution < -0.4 is 5.32 Å². The molecule has 0 spiro atoms. The van der Waals surface area contributed by atoms with Crippen LogP contribution in [0.3, 0.4) is 0 Å². The van der Waals surface area contributed by atoms with E-state index < -0.39 is 5.60 Å². The summed E-state index contributed by atoms with van der Waals surface area (Å²) in [5.74, 6) is 0.171. The van der Waals surface area contributed by atoms with Crippen LogP contribution in [0.4, 0.5) is 0 Å². The van der Waals surface area contributed by atoms with Crippen LogP contribution in [0.1, 0.15) is 32.6 Å². The minimum atomic E-state index is -0.447. The number of carbonyl (C=O) groups excluding carboxylic acids is 1. The van der Waals surface area contributed by atoms with Crippen LogP contribution in [-0.2, 0) is 4.79 Å². The molecule has 15 heavy (non-hydrogen) atoms. The molecule has 0 aromatic heterocycles. The van der Waals surface area contributed by atoms with E-state index in [4.69, 9.17) is 0 Å². The number of amides is 1. The highest BCUT2D eigenvalue weighted by molar-refractivity contribution is 5.78. The molecule has 0 aromatic rings. The van der Waals surface area contributed by atoms with Crippen molar-refractivity contribution in [2.45, 2.75) is 44.2 Å². The minimum Gasteiger partial charge on any atom is -0.387 e. The van der Waals surface area contributed by atoms with Crippen molar-refractivity contribution in [1.29, 1.82) is 0 Å². The minimum absolute atomic E-state index is 0.171. The summed E-state index contributed by atoms with van der Waals surface area (Å²) in [5, 5.41) is 12.9. The van der Waals surface area contributed by atoms with Crippen molar-refractivity contribution in [3.05, 3.63) is 0 Å². The lowest BCUT2D eigenvalue weighted by molar-refractivity contribution is -0.120. The molecule has 2 rings (SSSR count). The highest BCUT2D eigenvalue weighted by Gasteiger charge is 2.41. The Morgan fingerprint density at radius 3 is 2.87 bits per heavy atom. The number of hydrogen-bond donors (Lipinski definition) is 2. The number of carbonyl (C=O) groups is 1. The van der Waals surface area contributed by atoms with Gasteiger partial charge >= 0.3 is 0 Å². The van der Waals surface area contributed by atoms with Crippen molar-refractivity contribution < 1.29 is 9.90 Å². The average molecular weight is 212 g/mol. The molecule has 2 N–H and O–H groups in total. The molecule has 0 bridgehead atoms. The summed E-state index contributed by atoms with van der Waals surface area (Å²) in [5.41, 5.74) is -0.447. The van der Waals surface area contributed by atoms with E-state index in [1.807, 2.05) is 0 Å². The zero-order valence-electron chi connectivity index (χ0n) is 9.33. The Hall–Kier alpha value is -0.610. The molecule has 1 amide bonds. The van der Waals surface area contributed by atoms with Crippen LogP contribution in [0.5, 0.6) is 0 Å². The quantitative estimate of drug-likeness (QED) is 0.695. The molecule has 1 unspecified atom stereocenters. The third-order valence-electron chi connectivity index (χ3n) is 3.31. The van der Waals surface area contributed by atoms with Crippen LogP contribution in [0, 0.1) is 0 Å². The molecule has 1 atom stereocenters. The van der Waals surface area contributed by atoms with E-state index in [9.17, 15) is 9.90 Å². The number of aliphatic hydroxyl groups is 1. The first-order chi connectivity index (χ1) is 7.11. The van der Waals surface area contributed by atoms with Gasteiger partial charge in [-0.1, -0.05) is 13.3 Å². The number of β-amino-alcohol motifs (C(OH)–C–C–N with tert-alkyl or cyclic N) is 1. The molecule has 2 heterocycles. The first kappa shape index (κ1) is 10.9. The summed E-state index contributed by atoms with van der Waals surface area (Å²) < 4.78 is 0. The summed E-state index contributed by atoms with van der Waals surface area (Å²) in [6, 6.07) is 0.309. The monoisotopic (exact) mass is 212 g/mol. The topological polar surface area (TPSA) is 52.6 Å². The van der Waals surface area contributed by atoms with Gasteiger partial charge in [0.1, 0.15) is 0 Å². The Labute approximate surface area is 90.6 Å². The number of rotatable bonds is 4. The first-order valence-corrected chi connectivity index (χ1v) is 5.85. The van der Waals surface area contributed by atoms with Crippen molar-refractivity contribution >= 4 is 5.91 Å². The van der Waals surface area contributed by atoms with Crippen molar-refractivity contribution in [3.63, 3.8) is 0 Å². The van der Waals surface area contributed by atoms with E-state index in [1.54, 1.807) is 0 Å². The molecule has 86 valence electrons. The molecule has 2 saturated heterocycles. The Bertz CT molecular complexity index is 249. The number of nitrogens with zero attached hydrogens (tertiary/aromatic N) is 1. The zero-order valence-corrected chi connectivity index (χ0v) is 9.33. The van der Waals surface area contributed by atoms with Crippen LogP contribution >= 0.6 is 0 Å². The fraction of sp³-hybridized carbons (Fsp3) is 0.909. The van der Waals surface area contributed by atoms with Gasteiger partial charge < -0.3 is 10.4 Å². The molecule has 2 aliphatic heterocycles. The van der Waals surface area contributed by atoms with Crippen molar-refractivity contribution in [2.24, 2.45) is 0 Å². The lowest BCUT2D eigenvalue weighted by atomic mass is 9.89. The molecular weight excluding hydrogens is 192 g/mol. The number of nitrogens with one attached hydrogen (secondary N) is 1. The molecule has 2 fully saturated rings. The van der Waals surface area contributed by atoms with Crippen LogP contribution in [-0.4, -0.2) is 47.2 Å². The maximum atomic E-state index is 11.0. The Morgan fingerprint density at radius 2 is 2.33 bits per heavy atom. The van der Waals surface area contributed by atoms with Gasteiger partial charge in [0.05, 0.1) is 5.60 Å². The van der Waals surface area contributed by atoms with Crippen molar-refractivity contribution in [1.82, 2.24) is 10.2 Å². The lowest BCUT2D eigenvalue weighted by Crippen LogP contribution is -2.63. The normalized spacial score (nSPS) is 30.0. The van der Waals surface area contributed by atoms with Gasteiger partial charge in [-0.25, -0.2) is 0 Å². The largest absolute Gasteiger partial charge is 0.387 e. The van der Waals surface area contributed by atoms with Gasteiger partial charge in [0.2, 0.25) is 5.91 Å². The predicted molar refractivity (Wildman–Crippen MR) is 57.5 cm³/mol. The van der Waals surface area contributed by atoms with E-state index in [-0.39, 0.29) is 5.91 Å². The first-order valence-electron chi connectivity index (χ1n) is 5.85. The Kier molecular flexibility index (Phi) is 2.98. The van der Waals surface area contributed by atoms with Crippen LogP contribution in [0.25, 0.3) is 0 Å². The molecular formula is C11H20N2O2. The Balaban J connectivity index is 1.69.